The molecule has 0 saturated carbocycles. The molecule has 0 radical (unpaired) electrons. The third kappa shape index (κ3) is 4.39. The molecule has 1 aliphatic heterocycles. The van der Waals surface area contributed by atoms with Gasteiger partial charge in [0.1, 0.15) is 10.4 Å². The largest absolute Gasteiger partial charge is 0.507 e. The van der Waals surface area contributed by atoms with Crippen LogP contribution in [0.3, 0.4) is 0 Å². The fourth-order valence-electron chi connectivity index (χ4n) is 3.53. The molecule has 164 valence electrons. The minimum Gasteiger partial charge on any atom is -0.507 e. The number of aromatic nitrogens is 3. The first kappa shape index (κ1) is 21.2. The Morgan fingerprint density at radius 1 is 1.32 bits per heavy atom. The maximum Gasteiger partial charge on any atom is 0.416 e. The molecular formula is C19H19F3N6O2S. The molecule has 3 aromatic rings. The molecule has 12 heteroatoms. The van der Waals surface area contributed by atoms with E-state index >= 15 is 0 Å². The Morgan fingerprint density at radius 3 is 2.74 bits per heavy atom. The van der Waals surface area contributed by atoms with Crippen LogP contribution in [0.5, 0.6) is 5.75 Å². The molecule has 8 nitrogen and oxygen atoms in total. The molecule has 0 spiro atoms. The van der Waals surface area contributed by atoms with Crippen molar-refractivity contribution in [1.82, 2.24) is 19.9 Å². The summed E-state index contributed by atoms with van der Waals surface area (Å²) in [6, 6.07) is 2.62. The number of carbonyl (C=O) groups excluding carboxylic acids is 1. The number of benzene rings is 1. The molecule has 0 unspecified atom stereocenters. The minimum atomic E-state index is -4.61. The number of aromatic hydroxyl groups is 1. The van der Waals surface area contributed by atoms with Crippen LogP contribution in [0.4, 0.5) is 18.3 Å². The number of carbonyl (C=O) groups is 1. The second-order valence-electron chi connectivity index (χ2n) is 7.41. The van der Waals surface area contributed by atoms with Crippen molar-refractivity contribution >= 4 is 32.7 Å². The average molecular weight is 452 g/mol. The fraction of sp³-hybridized carbons (Fsp3) is 0.368. The highest BCUT2D eigenvalue weighted by Gasteiger charge is 2.31. The number of piperidine rings is 1. The van der Waals surface area contributed by atoms with E-state index < -0.39 is 23.4 Å². The standard InChI is InChI=1S/C19H19F3N6O2S/c1-28-6-2-3-10(8-28)24-18-27-17-14(31-18)13(15(23)30)25-16(26-17)11-5-4-9(7-12(11)29)19(20,21)22/h4-5,7,10,29H,2-3,6,8H2,1H3,(H2,23,30)(H,24,25,26,27)/t10-/m1/s1. The Hall–Kier alpha value is -2.99. The van der Waals surface area contributed by atoms with Gasteiger partial charge in [0, 0.05) is 12.6 Å². The summed E-state index contributed by atoms with van der Waals surface area (Å²) in [5, 5.41) is 14.0. The summed E-state index contributed by atoms with van der Waals surface area (Å²) < 4.78 is 39.0. The maximum absolute atomic E-state index is 12.9. The molecule has 4 rings (SSSR count). The lowest BCUT2D eigenvalue weighted by atomic mass is 10.1. The van der Waals surface area contributed by atoms with Crippen LogP contribution in [0.1, 0.15) is 28.9 Å². The van der Waals surface area contributed by atoms with E-state index in [-0.39, 0.29) is 28.8 Å². The number of rotatable bonds is 4. The second-order valence-corrected chi connectivity index (χ2v) is 8.41. The smallest absolute Gasteiger partial charge is 0.416 e. The molecule has 0 bridgehead atoms. The number of phenols is 1. The van der Waals surface area contributed by atoms with Crippen LogP contribution >= 0.6 is 11.3 Å². The van der Waals surface area contributed by atoms with Crippen LogP contribution in [-0.4, -0.2) is 57.0 Å². The zero-order valence-corrected chi connectivity index (χ0v) is 17.2. The van der Waals surface area contributed by atoms with Crippen LogP contribution in [0, 0.1) is 0 Å². The van der Waals surface area contributed by atoms with Gasteiger partial charge in [-0.2, -0.15) is 18.2 Å². The average Bonchev–Trinajstić information content (AvgIpc) is 3.08. The van der Waals surface area contributed by atoms with Crippen molar-refractivity contribution in [1.29, 1.82) is 0 Å². The van der Waals surface area contributed by atoms with Crippen molar-refractivity contribution in [2.24, 2.45) is 5.73 Å². The van der Waals surface area contributed by atoms with Gasteiger partial charge in [-0.05, 0) is 44.6 Å². The minimum absolute atomic E-state index is 0.0613. The first-order valence-corrected chi connectivity index (χ1v) is 10.3. The highest BCUT2D eigenvalue weighted by Crippen LogP contribution is 2.37. The Kier molecular flexibility index (Phi) is 5.43. The number of amides is 1. The number of alkyl halides is 3. The second kappa shape index (κ2) is 7.93. The molecule has 1 fully saturated rings. The Balaban J connectivity index is 1.73. The summed E-state index contributed by atoms with van der Waals surface area (Å²) in [5.41, 5.74) is 4.47. The van der Waals surface area contributed by atoms with Crippen molar-refractivity contribution in [2.75, 3.05) is 25.5 Å². The summed E-state index contributed by atoms with van der Waals surface area (Å²) in [4.78, 5) is 27.0. The van der Waals surface area contributed by atoms with Crippen LogP contribution in [0.15, 0.2) is 18.2 Å². The highest BCUT2D eigenvalue weighted by molar-refractivity contribution is 7.22. The first-order chi connectivity index (χ1) is 14.6. The molecule has 2 aromatic heterocycles. The highest BCUT2D eigenvalue weighted by atomic mass is 32.1. The Bertz CT molecular complexity index is 1150. The van der Waals surface area contributed by atoms with Crippen LogP contribution in [0.2, 0.25) is 0 Å². The lowest BCUT2D eigenvalue weighted by Gasteiger charge is -2.29. The molecule has 1 aliphatic rings. The van der Waals surface area contributed by atoms with Crippen molar-refractivity contribution in [3.8, 4) is 17.1 Å². The number of likely N-dealkylation sites (N-methyl/N-ethyl adjacent to an activating group) is 1. The molecule has 0 aliphatic carbocycles. The topological polar surface area (TPSA) is 117 Å². The summed E-state index contributed by atoms with van der Waals surface area (Å²) in [6.45, 7) is 1.87. The zero-order valence-electron chi connectivity index (χ0n) is 16.4. The van der Waals surface area contributed by atoms with Crippen molar-refractivity contribution in [3.05, 3.63) is 29.5 Å². The zero-order chi connectivity index (χ0) is 22.3. The van der Waals surface area contributed by atoms with E-state index in [4.69, 9.17) is 5.73 Å². The van der Waals surface area contributed by atoms with Gasteiger partial charge in [-0.3, -0.25) is 4.79 Å². The van der Waals surface area contributed by atoms with E-state index in [1.54, 1.807) is 0 Å². The van der Waals surface area contributed by atoms with E-state index in [2.05, 4.69) is 25.2 Å². The molecule has 1 amide bonds. The van der Waals surface area contributed by atoms with Gasteiger partial charge in [0.15, 0.2) is 22.3 Å². The molecule has 4 N–H and O–H groups in total. The van der Waals surface area contributed by atoms with Gasteiger partial charge in [0.25, 0.3) is 5.91 Å². The normalized spacial score (nSPS) is 17.7. The van der Waals surface area contributed by atoms with Gasteiger partial charge < -0.3 is 21.1 Å². The number of thiazole rings is 1. The fourth-order valence-corrected chi connectivity index (χ4v) is 4.51. The number of fused-ring (bicyclic) bond motifs is 1. The summed E-state index contributed by atoms with van der Waals surface area (Å²) in [5.74, 6) is -1.63. The Morgan fingerprint density at radius 2 is 2.10 bits per heavy atom. The number of anilines is 1. The molecule has 3 heterocycles. The molecule has 1 atom stereocenters. The van der Waals surface area contributed by atoms with Gasteiger partial charge >= 0.3 is 6.18 Å². The number of primary amides is 1. The number of phenolic OH excluding ortho intramolecular Hbond substituents is 1. The summed E-state index contributed by atoms with van der Waals surface area (Å²) in [7, 11) is 2.03. The van der Waals surface area contributed by atoms with Crippen LogP contribution in [0.25, 0.3) is 21.7 Å². The third-order valence-corrected chi connectivity index (χ3v) is 5.99. The van der Waals surface area contributed by atoms with Crippen LogP contribution in [-0.2, 0) is 6.18 Å². The molecule has 1 saturated heterocycles. The lowest BCUT2D eigenvalue weighted by molar-refractivity contribution is -0.137. The number of nitrogens with zero attached hydrogens (tertiary/aromatic N) is 4. The lowest BCUT2D eigenvalue weighted by Crippen LogP contribution is -2.39. The SMILES string of the molecule is CN1CCC[C@@H](Nc2nc3nc(-c4ccc(C(F)(F)F)cc4O)nc(C(N)=O)c3s2)C1. The van der Waals surface area contributed by atoms with E-state index in [1.165, 1.54) is 11.3 Å². The number of nitrogens with two attached hydrogens (primary N) is 1. The van der Waals surface area contributed by atoms with Gasteiger partial charge in [-0.25, -0.2) is 9.97 Å². The van der Waals surface area contributed by atoms with Gasteiger partial charge in [-0.1, -0.05) is 11.3 Å². The molecule has 31 heavy (non-hydrogen) atoms. The van der Waals surface area contributed by atoms with E-state index in [0.717, 1.165) is 38.1 Å². The van der Waals surface area contributed by atoms with Gasteiger partial charge in [0.05, 0.1) is 11.1 Å². The summed E-state index contributed by atoms with van der Waals surface area (Å²) >= 11 is 1.18. The van der Waals surface area contributed by atoms with Crippen LogP contribution < -0.4 is 11.1 Å². The monoisotopic (exact) mass is 452 g/mol. The third-order valence-electron chi connectivity index (χ3n) is 5.01. The Labute approximate surface area is 178 Å². The van der Waals surface area contributed by atoms with E-state index in [9.17, 15) is 23.1 Å². The van der Waals surface area contributed by atoms with E-state index in [1.807, 2.05) is 7.05 Å². The van der Waals surface area contributed by atoms with Crippen molar-refractivity contribution in [3.63, 3.8) is 0 Å². The van der Waals surface area contributed by atoms with Crippen molar-refractivity contribution < 1.29 is 23.1 Å². The number of nitrogens with one attached hydrogen (secondary N) is 1. The summed E-state index contributed by atoms with van der Waals surface area (Å²) in [6.07, 6.45) is -2.59. The number of likely N-dealkylation sites (tertiary alicyclic amines) is 1. The molecule has 1 aromatic carbocycles. The van der Waals surface area contributed by atoms with Gasteiger partial charge in [0.2, 0.25) is 0 Å². The predicted molar refractivity (Wildman–Crippen MR) is 110 cm³/mol. The number of halogens is 3. The maximum atomic E-state index is 12.9. The number of hydrogen-bond donors (Lipinski definition) is 3. The quantitative estimate of drug-likeness (QED) is 0.557. The first-order valence-electron chi connectivity index (χ1n) is 9.46. The van der Waals surface area contributed by atoms with E-state index in [0.29, 0.717) is 15.9 Å². The number of hydrogen-bond acceptors (Lipinski definition) is 8. The predicted octanol–water partition coefficient (Wildman–Crippen LogP) is 3.08. The molecular weight excluding hydrogens is 433 g/mol. The van der Waals surface area contributed by atoms with Crippen molar-refractivity contribution in [2.45, 2.75) is 25.1 Å². The van der Waals surface area contributed by atoms with Gasteiger partial charge in [-0.15, -0.1) is 0 Å².